The number of aromatic nitrogens is 2. The predicted octanol–water partition coefficient (Wildman–Crippen LogP) is 1.90. The first-order valence-corrected chi connectivity index (χ1v) is 6.25. The summed E-state index contributed by atoms with van der Waals surface area (Å²) in [7, 11) is 0. The Morgan fingerprint density at radius 2 is 2.10 bits per heavy atom. The lowest BCUT2D eigenvalue weighted by atomic mass is 10.1. The molecule has 0 atom stereocenters. The zero-order chi connectivity index (χ0) is 14.6. The Morgan fingerprint density at radius 3 is 2.70 bits per heavy atom. The van der Waals surface area contributed by atoms with Crippen molar-refractivity contribution in [3.63, 3.8) is 0 Å². The van der Waals surface area contributed by atoms with Crippen LogP contribution in [0.5, 0.6) is 0 Å². The molecule has 0 radical (unpaired) electrons. The highest BCUT2D eigenvalue weighted by Gasteiger charge is 2.33. The molecular weight excluding hydrogens is 271 g/mol. The van der Waals surface area contributed by atoms with Crippen LogP contribution >= 0.6 is 0 Å². The fraction of sp³-hybridized carbons (Fsp3) is 0.583. The maximum Gasteiger partial charge on any atom is 0.433 e. The number of nitriles is 1. The van der Waals surface area contributed by atoms with Crippen molar-refractivity contribution >= 4 is 5.95 Å². The summed E-state index contributed by atoms with van der Waals surface area (Å²) in [6.45, 7) is 1.86. The summed E-state index contributed by atoms with van der Waals surface area (Å²) in [5.41, 5.74) is -0.947. The molecule has 5 nitrogen and oxygen atoms in total. The lowest BCUT2D eigenvalue weighted by molar-refractivity contribution is -0.141. The number of hydrogen-bond donors (Lipinski definition) is 1. The number of anilines is 1. The molecule has 0 aliphatic carbocycles. The maximum absolute atomic E-state index is 12.5. The first kappa shape index (κ1) is 14.5. The highest BCUT2D eigenvalue weighted by atomic mass is 19.4. The van der Waals surface area contributed by atoms with Gasteiger partial charge in [-0.3, -0.25) is 4.90 Å². The van der Waals surface area contributed by atoms with E-state index in [-0.39, 0.29) is 12.0 Å². The van der Waals surface area contributed by atoms with Crippen molar-refractivity contribution in [3.8, 4) is 6.07 Å². The average molecular weight is 285 g/mol. The van der Waals surface area contributed by atoms with Gasteiger partial charge >= 0.3 is 6.18 Å². The van der Waals surface area contributed by atoms with Gasteiger partial charge in [-0.05, 0) is 18.9 Å². The van der Waals surface area contributed by atoms with Crippen LogP contribution in [0.15, 0.2) is 12.3 Å². The minimum absolute atomic E-state index is 0.00134. The summed E-state index contributed by atoms with van der Waals surface area (Å²) in [5, 5.41) is 11.5. The number of nitrogens with zero attached hydrogens (tertiary/aromatic N) is 4. The third-order valence-electron chi connectivity index (χ3n) is 3.16. The quantitative estimate of drug-likeness (QED) is 0.859. The molecule has 0 spiro atoms. The van der Waals surface area contributed by atoms with E-state index in [1.807, 2.05) is 4.90 Å². The number of halogens is 3. The molecule has 1 aromatic heterocycles. The third-order valence-corrected chi connectivity index (χ3v) is 3.16. The predicted molar refractivity (Wildman–Crippen MR) is 65.7 cm³/mol. The number of rotatable bonds is 3. The Balaban J connectivity index is 1.93. The number of nitrogens with one attached hydrogen (secondary N) is 1. The summed E-state index contributed by atoms with van der Waals surface area (Å²) in [6, 6.07) is 2.97. The normalized spacial score (nSPS) is 17.7. The zero-order valence-electron chi connectivity index (χ0n) is 10.7. The Kier molecular flexibility index (Phi) is 4.39. The molecule has 0 unspecified atom stereocenters. The van der Waals surface area contributed by atoms with Gasteiger partial charge in [0.15, 0.2) is 0 Å². The molecule has 0 aromatic carbocycles. The van der Waals surface area contributed by atoms with Crippen LogP contribution in [0, 0.1) is 11.3 Å². The number of hydrogen-bond acceptors (Lipinski definition) is 5. The summed E-state index contributed by atoms with van der Waals surface area (Å²) < 4.78 is 37.6. The van der Waals surface area contributed by atoms with Gasteiger partial charge in [0.25, 0.3) is 0 Å². The van der Waals surface area contributed by atoms with E-state index >= 15 is 0 Å². The molecule has 1 aromatic rings. The molecule has 1 N–H and O–H groups in total. The largest absolute Gasteiger partial charge is 0.433 e. The van der Waals surface area contributed by atoms with Gasteiger partial charge in [0.05, 0.1) is 12.6 Å². The topological polar surface area (TPSA) is 64.8 Å². The van der Waals surface area contributed by atoms with Crippen molar-refractivity contribution < 1.29 is 13.2 Å². The van der Waals surface area contributed by atoms with Gasteiger partial charge < -0.3 is 5.32 Å². The van der Waals surface area contributed by atoms with Crippen molar-refractivity contribution in [2.24, 2.45) is 0 Å². The first-order chi connectivity index (χ1) is 9.49. The van der Waals surface area contributed by atoms with Crippen molar-refractivity contribution in [2.75, 3.05) is 25.0 Å². The van der Waals surface area contributed by atoms with Crippen LogP contribution in [-0.2, 0) is 6.18 Å². The molecule has 1 aliphatic rings. The molecular formula is C12H14F3N5. The fourth-order valence-corrected chi connectivity index (χ4v) is 2.10. The molecule has 1 saturated heterocycles. The third kappa shape index (κ3) is 3.81. The van der Waals surface area contributed by atoms with Gasteiger partial charge in [-0.25, -0.2) is 9.97 Å². The van der Waals surface area contributed by atoms with Crippen molar-refractivity contribution in [3.05, 3.63) is 18.0 Å². The van der Waals surface area contributed by atoms with Gasteiger partial charge in [-0.15, -0.1) is 0 Å². The van der Waals surface area contributed by atoms with Crippen LogP contribution in [0.2, 0.25) is 0 Å². The van der Waals surface area contributed by atoms with E-state index in [2.05, 4.69) is 21.4 Å². The molecule has 0 bridgehead atoms. The molecule has 20 heavy (non-hydrogen) atoms. The van der Waals surface area contributed by atoms with Crippen LogP contribution < -0.4 is 5.32 Å². The van der Waals surface area contributed by atoms with Crippen LogP contribution in [-0.4, -0.2) is 40.5 Å². The second kappa shape index (κ2) is 6.05. The Hall–Kier alpha value is -1.88. The van der Waals surface area contributed by atoms with E-state index in [4.69, 9.17) is 5.26 Å². The van der Waals surface area contributed by atoms with Gasteiger partial charge in [0, 0.05) is 25.3 Å². The van der Waals surface area contributed by atoms with Gasteiger partial charge in [0.1, 0.15) is 5.69 Å². The zero-order valence-corrected chi connectivity index (χ0v) is 10.7. The molecule has 108 valence electrons. The van der Waals surface area contributed by atoms with Crippen LogP contribution in [0.4, 0.5) is 19.1 Å². The molecule has 1 aliphatic heterocycles. The molecule has 0 saturated carbocycles. The van der Waals surface area contributed by atoms with E-state index in [9.17, 15) is 13.2 Å². The maximum atomic E-state index is 12.5. The van der Waals surface area contributed by atoms with Crippen LogP contribution in [0.3, 0.4) is 0 Å². The summed E-state index contributed by atoms with van der Waals surface area (Å²) in [6.07, 6.45) is -1.86. The lowest BCUT2D eigenvalue weighted by Crippen LogP contribution is -2.39. The first-order valence-electron chi connectivity index (χ1n) is 6.25. The SMILES string of the molecule is N#CCN1CCC(Nc2nccc(C(F)(F)F)n2)CC1. The van der Waals surface area contributed by atoms with E-state index in [0.29, 0.717) is 6.54 Å². The summed E-state index contributed by atoms with van der Waals surface area (Å²) >= 11 is 0. The molecule has 0 amide bonds. The smallest absolute Gasteiger partial charge is 0.351 e. The number of piperidine rings is 1. The van der Waals surface area contributed by atoms with Crippen LogP contribution in [0.1, 0.15) is 18.5 Å². The van der Waals surface area contributed by atoms with Crippen molar-refractivity contribution in [1.29, 1.82) is 5.26 Å². The highest BCUT2D eigenvalue weighted by Crippen LogP contribution is 2.27. The molecule has 8 heteroatoms. The second-order valence-corrected chi connectivity index (χ2v) is 4.62. The van der Waals surface area contributed by atoms with Gasteiger partial charge in [0.2, 0.25) is 5.95 Å². The Bertz CT molecular complexity index is 489. The lowest BCUT2D eigenvalue weighted by Gasteiger charge is -2.30. The molecule has 2 rings (SSSR count). The van der Waals surface area contributed by atoms with E-state index < -0.39 is 11.9 Å². The van der Waals surface area contributed by atoms with E-state index in [1.54, 1.807) is 0 Å². The van der Waals surface area contributed by atoms with Crippen molar-refractivity contribution in [1.82, 2.24) is 14.9 Å². The van der Waals surface area contributed by atoms with E-state index in [0.717, 1.165) is 38.2 Å². The highest BCUT2D eigenvalue weighted by molar-refractivity contribution is 5.27. The summed E-state index contributed by atoms with van der Waals surface area (Å²) in [5.74, 6) is -0.00134. The summed E-state index contributed by atoms with van der Waals surface area (Å²) in [4.78, 5) is 9.30. The molecule has 2 heterocycles. The monoisotopic (exact) mass is 285 g/mol. The fourth-order valence-electron chi connectivity index (χ4n) is 2.10. The van der Waals surface area contributed by atoms with E-state index in [1.165, 1.54) is 0 Å². The Labute approximate surface area is 114 Å². The number of alkyl halides is 3. The van der Waals surface area contributed by atoms with Crippen molar-refractivity contribution in [2.45, 2.75) is 25.1 Å². The van der Waals surface area contributed by atoms with Crippen LogP contribution in [0.25, 0.3) is 0 Å². The minimum atomic E-state index is -4.46. The average Bonchev–Trinajstić information content (AvgIpc) is 2.41. The van der Waals surface area contributed by atoms with Gasteiger partial charge in [-0.1, -0.05) is 0 Å². The Morgan fingerprint density at radius 1 is 1.40 bits per heavy atom. The number of likely N-dealkylation sites (tertiary alicyclic amines) is 1. The van der Waals surface area contributed by atoms with Gasteiger partial charge in [-0.2, -0.15) is 18.4 Å². The standard InChI is InChI=1S/C12H14F3N5/c13-12(14,15)10-1-5-17-11(19-10)18-9-2-6-20(7-3-9)8-4-16/h1,5,9H,2-3,6-8H2,(H,17,18,19). The molecule has 1 fully saturated rings. The second-order valence-electron chi connectivity index (χ2n) is 4.62. The minimum Gasteiger partial charge on any atom is -0.351 e.